The third-order valence-corrected chi connectivity index (χ3v) is 5.88. The molecule has 1 aromatic heterocycles. The number of sulfonamides is 1. The van der Waals surface area contributed by atoms with Gasteiger partial charge in [0.05, 0.1) is 4.90 Å². The molecule has 1 aromatic carbocycles. The Bertz CT molecular complexity index is 722. The molecular formula is C14H15ClN2O2S2. The van der Waals surface area contributed by atoms with E-state index in [9.17, 15) is 8.42 Å². The van der Waals surface area contributed by atoms with Crippen LogP contribution in [0.5, 0.6) is 0 Å². The summed E-state index contributed by atoms with van der Waals surface area (Å²) in [6, 6.07) is 8.91. The molecule has 0 radical (unpaired) electrons. The fourth-order valence-corrected chi connectivity index (χ4v) is 4.27. The van der Waals surface area contributed by atoms with Gasteiger partial charge in [-0.15, -0.1) is 11.3 Å². The minimum absolute atomic E-state index is 0.301. The quantitative estimate of drug-likeness (QED) is 0.845. The number of hydrogen-bond acceptors (Lipinski definition) is 4. The molecule has 7 heteroatoms. The summed E-state index contributed by atoms with van der Waals surface area (Å²) in [4.78, 5) is 1.33. The van der Waals surface area contributed by atoms with Gasteiger partial charge in [-0.2, -0.15) is 0 Å². The normalized spacial score (nSPS) is 15.1. The molecule has 4 nitrogen and oxygen atoms in total. The SMILES string of the molecule is O=S(=O)(Nc1ccc(Cl)cc1)c1csc(CNC2CC2)c1. The van der Waals surface area contributed by atoms with Crippen LogP contribution in [0.15, 0.2) is 40.6 Å². The van der Waals surface area contributed by atoms with Crippen LogP contribution in [-0.4, -0.2) is 14.5 Å². The van der Waals surface area contributed by atoms with E-state index in [1.807, 2.05) is 0 Å². The molecule has 1 aliphatic carbocycles. The average molecular weight is 343 g/mol. The number of benzene rings is 1. The van der Waals surface area contributed by atoms with E-state index in [0.29, 0.717) is 21.6 Å². The largest absolute Gasteiger partial charge is 0.309 e. The molecule has 0 bridgehead atoms. The van der Waals surface area contributed by atoms with Gasteiger partial charge in [-0.1, -0.05) is 11.6 Å². The summed E-state index contributed by atoms with van der Waals surface area (Å²) in [7, 11) is -3.54. The lowest BCUT2D eigenvalue weighted by Crippen LogP contribution is -2.14. The molecule has 0 amide bonds. The molecule has 2 aromatic rings. The summed E-state index contributed by atoms with van der Waals surface area (Å²) in [5, 5.41) is 5.61. The minimum Gasteiger partial charge on any atom is -0.309 e. The predicted octanol–water partition coefficient (Wildman–Crippen LogP) is 3.45. The van der Waals surface area contributed by atoms with Crippen molar-refractivity contribution in [1.82, 2.24) is 5.32 Å². The van der Waals surface area contributed by atoms with Crippen molar-refractivity contribution in [1.29, 1.82) is 0 Å². The molecular weight excluding hydrogens is 328 g/mol. The monoisotopic (exact) mass is 342 g/mol. The maximum atomic E-state index is 12.3. The van der Waals surface area contributed by atoms with Crippen LogP contribution in [0.2, 0.25) is 5.02 Å². The van der Waals surface area contributed by atoms with Crippen molar-refractivity contribution in [2.24, 2.45) is 0 Å². The Balaban J connectivity index is 1.69. The second kappa shape index (κ2) is 5.96. The molecule has 1 aliphatic rings. The Morgan fingerprint density at radius 3 is 2.62 bits per heavy atom. The maximum Gasteiger partial charge on any atom is 0.262 e. The van der Waals surface area contributed by atoms with Gasteiger partial charge in [0, 0.05) is 33.6 Å². The van der Waals surface area contributed by atoms with Crippen LogP contribution < -0.4 is 10.0 Å². The predicted molar refractivity (Wildman–Crippen MR) is 86.4 cm³/mol. The van der Waals surface area contributed by atoms with Crippen molar-refractivity contribution in [3.63, 3.8) is 0 Å². The van der Waals surface area contributed by atoms with E-state index in [4.69, 9.17) is 11.6 Å². The zero-order valence-electron chi connectivity index (χ0n) is 11.2. The van der Waals surface area contributed by atoms with E-state index in [2.05, 4.69) is 10.0 Å². The van der Waals surface area contributed by atoms with Crippen molar-refractivity contribution >= 4 is 38.6 Å². The number of hydrogen-bond donors (Lipinski definition) is 2. The average Bonchev–Trinajstić information content (AvgIpc) is 3.15. The molecule has 0 spiro atoms. The van der Waals surface area contributed by atoms with Crippen molar-refractivity contribution in [3.8, 4) is 0 Å². The Labute approximate surface area is 133 Å². The molecule has 21 heavy (non-hydrogen) atoms. The first kappa shape index (κ1) is 14.8. The Morgan fingerprint density at radius 2 is 1.95 bits per heavy atom. The zero-order valence-corrected chi connectivity index (χ0v) is 13.6. The van der Waals surface area contributed by atoms with Crippen LogP contribution in [0, 0.1) is 0 Å². The van der Waals surface area contributed by atoms with Crippen molar-refractivity contribution in [3.05, 3.63) is 45.6 Å². The topological polar surface area (TPSA) is 58.2 Å². The highest BCUT2D eigenvalue weighted by molar-refractivity contribution is 7.92. The minimum atomic E-state index is -3.54. The Kier molecular flexibility index (Phi) is 4.21. The van der Waals surface area contributed by atoms with Gasteiger partial charge in [0.2, 0.25) is 0 Å². The fourth-order valence-electron chi connectivity index (χ4n) is 1.86. The van der Waals surface area contributed by atoms with E-state index in [1.165, 1.54) is 24.2 Å². The summed E-state index contributed by atoms with van der Waals surface area (Å²) < 4.78 is 27.1. The first-order chi connectivity index (χ1) is 10.0. The number of rotatable bonds is 6. The summed E-state index contributed by atoms with van der Waals surface area (Å²) in [6.07, 6.45) is 2.43. The summed E-state index contributed by atoms with van der Waals surface area (Å²) in [5.74, 6) is 0. The standard InChI is InChI=1S/C14H15ClN2O2S2/c15-10-1-3-12(4-2-10)17-21(18,19)14-7-13(20-9-14)8-16-11-5-6-11/h1-4,7,9,11,16-17H,5-6,8H2. The van der Waals surface area contributed by atoms with E-state index in [-0.39, 0.29) is 0 Å². The highest BCUT2D eigenvalue weighted by Gasteiger charge is 2.21. The van der Waals surface area contributed by atoms with Crippen LogP contribution in [0.4, 0.5) is 5.69 Å². The first-order valence-corrected chi connectivity index (χ1v) is 9.36. The van der Waals surface area contributed by atoms with Gasteiger partial charge in [-0.3, -0.25) is 4.72 Å². The van der Waals surface area contributed by atoms with Gasteiger partial charge in [0.1, 0.15) is 0 Å². The molecule has 0 aliphatic heterocycles. The molecule has 1 saturated carbocycles. The molecule has 3 rings (SSSR count). The van der Waals surface area contributed by atoms with Gasteiger partial charge in [-0.25, -0.2) is 8.42 Å². The van der Waals surface area contributed by atoms with Crippen molar-refractivity contribution < 1.29 is 8.42 Å². The summed E-state index contributed by atoms with van der Waals surface area (Å²) >= 11 is 7.24. The molecule has 0 unspecified atom stereocenters. The van der Waals surface area contributed by atoms with E-state index >= 15 is 0 Å². The number of anilines is 1. The number of nitrogens with one attached hydrogen (secondary N) is 2. The first-order valence-electron chi connectivity index (χ1n) is 6.62. The molecule has 0 atom stereocenters. The molecule has 2 N–H and O–H groups in total. The van der Waals surface area contributed by atoms with Gasteiger partial charge in [0.15, 0.2) is 0 Å². The van der Waals surface area contributed by atoms with Crippen molar-refractivity contribution in [2.75, 3.05) is 4.72 Å². The smallest absolute Gasteiger partial charge is 0.262 e. The second-order valence-electron chi connectivity index (χ2n) is 5.02. The molecule has 112 valence electrons. The summed E-state index contributed by atoms with van der Waals surface area (Å²) in [6.45, 7) is 0.728. The molecule has 1 fully saturated rings. The van der Waals surface area contributed by atoms with Crippen molar-refractivity contribution in [2.45, 2.75) is 30.3 Å². The molecule has 0 saturated heterocycles. The molecule has 1 heterocycles. The Morgan fingerprint density at radius 1 is 1.24 bits per heavy atom. The van der Waals surface area contributed by atoms with Gasteiger partial charge in [0.25, 0.3) is 10.0 Å². The third-order valence-electron chi connectivity index (χ3n) is 3.18. The third kappa shape index (κ3) is 3.97. The van der Waals surface area contributed by atoms with Gasteiger partial charge < -0.3 is 5.32 Å². The highest BCUT2D eigenvalue weighted by Crippen LogP contribution is 2.24. The van der Waals surface area contributed by atoms with Crippen LogP contribution in [0.25, 0.3) is 0 Å². The highest BCUT2D eigenvalue weighted by atomic mass is 35.5. The van der Waals surface area contributed by atoms with E-state index < -0.39 is 10.0 Å². The lowest BCUT2D eigenvalue weighted by Gasteiger charge is -2.06. The number of halogens is 1. The van der Waals surface area contributed by atoms with Crippen LogP contribution in [0.1, 0.15) is 17.7 Å². The van der Waals surface area contributed by atoms with Crippen LogP contribution in [0.3, 0.4) is 0 Å². The lowest BCUT2D eigenvalue weighted by atomic mass is 10.3. The summed E-state index contributed by atoms with van der Waals surface area (Å²) in [5.41, 5.74) is 0.503. The number of thiophene rings is 1. The van der Waals surface area contributed by atoms with Gasteiger partial charge in [-0.05, 0) is 43.2 Å². The lowest BCUT2D eigenvalue weighted by molar-refractivity contribution is 0.601. The van der Waals surface area contributed by atoms with Crippen LogP contribution in [-0.2, 0) is 16.6 Å². The van der Waals surface area contributed by atoms with Gasteiger partial charge >= 0.3 is 0 Å². The van der Waals surface area contributed by atoms with E-state index in [1.54, 1.807) is 35.7 Å². The Hall–Kier alpha value is -1.08. The fraction of sp³-hybridized carbons (Fsp3) is 0.286. The van der Waals surface area contributed by atoms with E-state index in [0.717, 1.165) is 11.4 Å². The van der Waals surface area contributed by atoms with Crippen LogP contribution >= 0.6 is 22.9 Å². The maximum absolute atomic E-state index is 12.3. The zero-order chi connectivity index (χ0) is 14.9. The second-order valence-corrected chi connectivity index (χ2v) is 8.13.